The van der Waals surface area contributed by atoms with Gasteiger partial charge in [-0.15, -0.1) is 0 Å². The van der Waals surface area contributed by atoms with Gasteiger partial charge in [0.15, 0.2) is 12.3 Å². The van der Waals surface area contributed by atoms with Gasteiger partial charge < -0.3 is 5.21 Å². The number of benzene rings is 2. The third kappa shape index (κ3) is 3.95. The molecule has 0 aliphatic heterocycles. The minimum Gasteiger partial charge on any atom is -0.624 e. The van der Waals surface area contributed by atoms with E-state index in [1.54, 1.807) is 6.21 Å². The molecular formula is C17H19NO. The number of hydrogen-bond acceptors (Lipinski definition) is 1. The predicted molar refractivity (Wildman–Crippen MR) is 79.6 cm³/mol. The number of rotatable bonds is 4. The molecule has 0 fully saturated rings. The normalized spacial score (nSPS) is 13.3. The minimum absolute atomic E-state index is 0.0667. The van der Waals surface area contributed by atoms with E-state index in [9.17, 15) is 5.21 Å². The predicted octanol–water partition coefficient (Wildman–Crippen LogP) is 3.56. The fourth-order valence-corrected chi connectivity index (χ4v) is 1.97. The highest BCUT2D eigenvalue weighted by Gasteiger charge is 2.10. The van der Waals surface area contributed by atoms with Crippen molar-refractivity contribution in [3.05, 3.63) is 76.5 Å². The van der Waals surface area contributed by atoms with Gasteiger partial charge in [-0.2, -0.15) is 0 Å². The van der Waals surface area contributed by atoms with Gasteiger partial charge in [-0.3, -0.25) is 0 Å². The molecule has 0 aliphatic rings. The molecule has 2 rings (SSSR count). The number of hydrogen-bond donors (Lipinski definition) is 0. The first-order chi connectivity index (χ1) is 9.15. The second-order valence-electron chi connectivity index (χ2n) is 4.94. The summed E-state index contributed by atoms with van der Waals surface area (Å²) in [5.41, 5.74) is 3.37. The molecule has 0 saturated heterocycles. The van der Waals surface area contributed by atoms with E-state index < -0.39 is 0 Å². The zero-order valence-electron chi connectivity index (χ0n) is 11.4. The van der Waals surface area contributed by atoms with Crippen molar-refractivity contribution in [1.29, 1.82) is 0 Å². The first-order valence-electron chi connectivity index (χ1n) is 6.56. The Morgan fingerprint density at radius 1 is 1.05 bits per heavy atom. The summed E-state index contributed by atoms with van der Waals surface area (Å²) in [5, 5.41) is 12.0. The monoisotopic (exact) mass is 253 g/mol. The summed E-state index contributed by atoms with van der Waals surface area (Å²) in [7, 11) is 0. The molecule has 0 amide bonds. The van der Waals surface area contributed by atoms with Crippen LogP contribution < -0.4 is 0 Å². The van der Waals surface area contributed by atoms with Gasteiger partial charge in [0.05, 0.1) is 0 Å². The van der Waals surface area contributed by atoms with Crippen LogP contribution in [-0.4, -0.2) is 17.0 Å². The van der Waals surface area contributed by atoms with E-state index in [0.717, 1.165) is 16.7 Å². The lowest BCUT2D eigenvalue weighted by molar-refractivity contribution is -0.491. The molecule has 0 heterocycles. The molecule has 0 bridgehead atoms. The Bertz CT molecular complexity index is 543. The van der Waals surface area contributed by atoms with Crippen LogP contribution >= 0.6 is 0 Å². The highest BCUT2D eigenvalue weighted by molar-refractivity contribution is 5.75. The van der Waals surface area contributed by atoms with Gasteiger partial charge in [0.2, 0.25) is 0 Å². The smallest absolute Gasteiger partial charge is 0.182 e. The first-order valence-corrected chi connectivity index (χ1v) is 6.56. The average molecular weight is 253 g/mol. The van der Waals surface area contributed by atoms with Crippen LogP contribution in [0.3, 0.4) is 0 Å². The second kappa shape index (κ2) is 6.19. The molecule has 2 nitrogen and oxygen atoms in total. The van der Waals surface area contributed by atoms with E-state index in [-0.39, 0.29) is 6.04 Å². The molecule has 0 saturated carbocycles. The minimum atomic E-state index is -0.0667. The van der Waals surface area contributed by atoms with Crippen LogP contribution in [0.2, 0.25) is 0 Å². The quantitative estimate of drug-likeness (QED) is 0.354. The van der Waals surface area contributed by atoms with Gasteiger partial charge in [0.1, 0.15) is 0 Å². The van der Waals surface area contributed by atoms with Crippen LogP contribution in [0.4, 0.5) is 0 Å². The maximum atomic E-state index is 12.0. The molecule has 0 aliphatic carbocycles. The maximum absolute atomic E-state index is 12.0. The van der Waals surface area contributed by atoms with Crippen LogP contribution in [0, 0.1) is 12.1 Å². The van der Waals surface area contributed by atoms with E-state index >= 15 is 0 Å². The summed E-state index contributed by atoms with van der Waals surface area (Å²) >= 11 is 0. The summed E-state index contributed by atoms with van der Waals surface area (Å²) in [4.78, 5) is 0. The number of hydroxylamine groups is 1. The van der Waals surface area contributed by atoms with Crippen LogP contribution in [0.1, 0.15) is 23.6 Å². The molecule has 0 radical (unpaired) electrons. The van der Waals surface area contributed by atoms with Crippen LogP contribution in [0.15, 0.2) is 54.6 Å². The van der Waals surface area contributed by atoms with Gasteiger partial charge in [-0.05, 0) is 31.5 Å². The summed E-state index contributed by atoms with van der Waals surface area (Å²) in [5.74, 6) is 0. The highest BCUT2D eigenvalue weighted by atomic mass is 16.5. The zero-order valence-corrected chi connectivity index (χ0v) is 11.4. The zero-order chi connectivity index (χ0) is 13.7. The van der Waals surface area contributed by atoms with Gasteiger partial charge in [0.25, 0.3) is 0 Å². The summed E-state index contributed by atoms with van der Waals surface area (Å²) in [6.45, 7) is 4.02. The molecule has 0 N–H and O–H groups in total. The summed E-state index contributed by atoms with van der Waals surface area (Å²) in [6, 6.07) is 18.0. The molecule has 2 heteroatoms. The average Bonchev–Trinajstić information content (AvgIpc) is 2.42. The van der Waals surface area contributed by atoms with Crippen molar-refractivity contribution < 1.29 is 4.74 Å². The van der Waals surface area contributed by atoms with Crippen molar-refractivity contribution in [3.63, 3.8) is 0 Å². The van der Waals surface area contributed by atoms with Gasteiger partial charge in [0, 0.05) is 12.0 Å². The van der Waals surface area contributed by atoms with Crippen molar-refractivity contribution in [2.24, 2.45) is 0 Å². The fourth-order valence-electron chi connectivity index (χ4n) is 1.97. The van der Waals surface area contributed by atoms with E-state index in [1.165, 1.54) is 11.1 Å². The molecule has 2 aromatic carbocycles. The van der Waals surface area contributed by atoms with Crippen molar-refractivity contribution in [2.45, 2.75) is 26.3 Å². The van der Waals surface area contributed by atoms with Gasteiger partial charge >= 0.3 is 0 Å². The van der Waals surface area contributed by atoms with Gasteiger partial charge in [-0.25, -0.2) is 4.74 Å². The van der Waals surface area contributed by atoms with Crippen molar-refractivity contribution >= 4 is 6.21 Å². The Labute approximate surface area is 114 Å². The largest absolute Gasteiger partial charge is 0.624 e. The van der Waals surface area contributed by atoms with E-state index in [4.69, 9.17) is 0 Å². The Kier molecular flexibility index (Phi) is 4.35. The van der Waals surface area contributed by atoms with Crippen LogP contribution in [-0.2, 0) is 6.42 Å². The molecule has 0 aromatic heterocycles. The lowest BCUT2D eigenvalue weighted by Crippen LogP contribution is -2.21. The topological polar surface area (TPSA) is 26.1 Å². The standard InChI is InChI=1S/C17H19NO/c1-14-8-10-16(11-9-14)12-15(2)18(19)13-17-6-4-3-5-7-17/h3-11,13,15H,12H2,1-2H3/b18-13-. The SMILES string of the molecule is Cc1ccc(CC(C)/[N+]([O-])=C/c2ccccc2)cc1. The maximum Gasteiger partial charge on any atom is 0.182 e. The molecule has 0 spiro atoms. The second-order valence-corrected chi connectivity index (χ2v) is 4.94. The molecule has 19 heavy (non-hydrogen) atoms. The summed E-state index contributed by atoms with van der Waals surface area (Å²) in [6.07, 6.45) is 2.41. The molecule has 1 unspecified atom stereocenters. The van der Waals surface area contributed by atoms with Crippen LogP contribution in [0.5, 0.6) is 0 Å². The Morgan fingerprint density at radius 2 is 1.68 bits per heavy atom. The van der Waals surface area contributed by atoms with Crippen molar-refractivity contribution in [1.82, 2.24) is 0 Å². The Balaban J connectivity index is 2.05. The highest BCUT2D eigenvalue weighted by Crippen LogP contribution is 2.08. The Hall–Kier alpha value is -2.09. The van der Waals surface area contributed by atoms with Crippen molar-refractivity contribution in [3.8, 4) is 0 Å². The number of nitrogens with zero attached hydrogens (tertiary/aromatic N) is 1. The van der Waals surface area contributed by atoms with Crippen molar-refractivity contribution in [2.75, 3.05) is 0 Å². The van der Waals surface area contributed by atoms with E-state index in [2.05, 4.69) is 31.2 Å². The van der Waals surface area contributed by atoms with E-state index in [0.29, 0.717) is 0 Å². The molecule has 2 aromatic rings. The lowest BCUT2D eigenvalue weighted by Gasteiger charge is -2.13. The molecule has 98 valence electrons. The Morgan fingerprint density at radius 3 is 2.32 bits per heavy atom. The molecular weight excluding hydrogens is 234 g/mol. The third-order valence-electron chi connectivity index (χ3n) is 3.16. The molecule has 1 atom stereocenters. The fraction of sp³-hybridized carbons (Fsp3) is 0.235. The van der Waals surface area contributed by atoms with E-state index in [1.807, 2.05) is 37.3 Å². The van der Waals surface area contributed by atoms with Gasteiger partial charge in [-0.1, -0.05) is 48.0 Å². The first kappa shape index (κ1) is 13.3. The summed E-state index contributed by atoms with van der Waals surface area (Å²) < 4.78 is 1.04. The van der Waals surface area contributed by atoms with Crippen LogP contribution in [0.25, 0.3) is 0 Å². The lowest BCUT2D eigenvalue weighted by atomic mass is 10.1. The third-order valence-corrected chi connectivity index (χ3v) is 3.16. The number of aryl methyl sites for hydroxylation is 1.